The van der Waals surface area contributed by atoms with Crippen molar-refractivity contribution in [1.29, 1.82) is 0 Å². The second-order valence-electron chi connectivity index (χ2n) is 7.26. The van der Waals surface area contributed by atoms with Gasteiger partial charge in [-0.2, -0.15) is 0 Å². The Morgan fingerprint density at radius 1 is 1.17 bits per heavy atom. The highest BCUT2D eigenvalue weighted by Crippen LogP contribution is 2.49. The number of carbonyl (C=O) groups excluding carboxylic acids is 2. The minimum absolute atomic E-state index is 0.118. The molecule has 0 spiro atoms. The number of anilines is 1. The number of carbonyl (C=O) groups is 2. The zero-order valence-electron chi connectivity index (χ0n) is 13.4. The van der Waals surface area contributed by atoms with Crippen LogP contribution in [0.1, 0.15) is 44.9 Å². The average Bonchev–Trinajstić information content (AvgIpc) is 3.25. The number of esters is 1. The van der Waals surface area contributed by atoms with E-state index >= 15 is 0 Å². The molecule has 0 aromatic heterocycles. The smallest absolute Gasteiger partial charge is 0.311 e. The first-order chi connectivity index (χ1) is 11.2. The van der Waals surface area contributed by atoms with Crippen LogP contribution in [0.5, 0.6) is 5.75 Å². The first-order valence-corrected chi connectivity index (χ1v) is 8.80. The molecule has 1 saturated heterocycles. The Balaban J connectivity index is 1.33. The number of hydrogen-bond acceptors (Lipinski definition) is 3. The van der Waals surface area contributed by atoms with Gasteiger partial charge in [0.05, 0.1) is 0 Å². The van der Waals surface area contributed by atoms with Gasteiger partial charge in [-0.3, -0.25) is 9.59 Å². The Hall–Kier alpha value is -1.84. The van der Waals surface area contributed by atoms with Crippen molar-refractivity contribution < 1.29 is 14.3 Å². The fourth-order valence-corrected chi connectivity index (χ4v) is 4.63. The van der Waals surface area contributed by atoms with E-state index in [4.69, 9.17) is 4.74 Å². The summed E-state index contributed by atoms with van der Waals surface area (Å²) < 4.78 is 5.49. The van der Waals surface area contributed by atoms with E-state index in [2.05, 4.69) is 0 Å². The van der Waals surface area contributed by atoms with E-state index in [1.54, 1.807) is 17.0 Å². The number of amides is 1. The third-order valence-corrected chi connectivity index (χ3v) is 5.77. The molecule has 2 aliphatic carbocycles. The third-order valence-electron chi connectivity index (χ3n) is 5.77. The third kappa shape index (κ3) is 2.99. The Bertz CT molecular complexity index is 610. The van der Waals surface area contributed by atoms with Crippen LogP contribution in [0.2, 0.25) is 0 Å². The molecule has 4 nitrogen and oxygen atoms in total. The van der Waals surface area contributed by atoms with Crippen LogP contribution in [-0.2, 0) is 9.59 Å². The van der Waals surface area contributed by atoms with Gasteiger partial charge >= 0.3 is 5.97 Å². The van der Waals surface area contributed by atoms with Crippen molar-refractivity contribution in [2.45, 2.75) is 44.9 Å². The first-order valence-electron chi connectivity index (χ1n) is 8.80. The van der Waals surface area contributed by atoms with Crippen LogP contribution in [0.3, 0.4) is 0 Å². The molecule has 3 aliphatic rings. The van der Waals surface area contributed by atoms with Crippen molar-refractivity contribution >= 4 is 17.6 Å². The van der Waals surface area contributed by atoms with Crippen LogP contribution in [0.25, 0.3) is 0 Å². The number of rotatable bonds is 4. The first kappa shape index (κ1) is 14.7. The SMILES string of the molecule is O=C(C[C@@H]1C[C@H]2CC[C@H]1C2)Oc1ccc(N2CCCC2=O)cc1. The van der Waals surface area contributed by atoms with Gasteiger partial charge < -0.3 is 9.64 Å². The molecule has 4 rings (SSSR count). The summed E-state index contributed by atoms with van der Waals surface area (Å²) in [5.41, 5.74) is 0.889. The summed E-state index contributed by atoms with van der Waals surface area (Å²) in [5.74, 6) is 2.76. The zero-order valence-corrected chi connectivity index (χ0v) is 13.4. The van der Waals surface area contributed by atoms with Crippen molar-refractivity contribution in [3.8, 4) is 5.75 Å². The molecule has 1 heterocycles. The summed E-state index contributed by atoms with van der Waals surface area (Å²) >= 11 is 0. The second-order valence-corrected chi connectivity index (χ2v) is 7.26. The molecule has 23 heavy (non-hydrogen) atoms. The molecular formula is C19H23NO3. The Morgan fingerprint density at radius 2 is 2.00 bits per heavy atom. The van der Waals surface area contributed by atoms with Crippen LogP contribution in [0.4, 0.5) is 5.69 Å². The van der Waals surface area contributed by atoms with Crippen LogP contribution < -0.4 is 9.64 Å². The van der Waals surface area contributed by atoms with Gasteiger partial charge in [-0.05, 0) is 67.7 Å². The van der Waals surface area contributed by atoms with Gasteiger partial charge in [0.1, 0.15) is 5.75 Å². The summed E-state index contributed by atoms with van der Waals surface area (Å²) in [6, 6.07) is 7.31. The molecule has 2 saturated carbocycles. The minimum atomic E-state index is -0.118. The minimum Gasteiger partial charge on any atom is -0.427 e. The predicted octanol–water partition coefficient (Wildman–Crippen LogP) is 3.55. The normalized spacial score (nSPS) is 29.3. The van der Waals surface area contributed by atoms with E-state index in [0.29, 0.717) is 24.5 Å². The number of benzene rings is 1. The maximum Gasteiger partial charge on any atom is 0.311 e. The molecule has 0 N–H and O–H groups in total. The molecule has 1 aliphatic heterocycles. The van der Waals surface area contributed by atoms with Crippen molar-refractivity contribution in [1.82, 2.24) is 0 Å². The number of ether oxygens (including phenoxy) is 1. The quantitative estimate of drug-likeness (QED) is 0.631. The lowest BCUT2D eigenvalue weighted by molar-refractivity contribution is -0.135. The van der Waals surface area contributed by atoms with Crippen LogP contribution in [0.15, 0.2) is 24.3 Å². The van der Waals surface area contributed by atoms with Gasteiger partial charge in [0, 0.05) is 25.1 Å². The summed E-state index contributed by atoms with van der Waals surface area (Å²) in [5, 5.41) is 0. The Kier molecular flexibility index (Phi) is 3.83. The molecule has 2 bridgehead atoms. The fraction of sp³-hybridized carbons (Fsp3) is 0.579. The van der Waals surface area contributed by atoms with Crippen molar-refractivity contribution in [3.63, 3.8) is 0 Å². The molecule has 3 fully saturated rings. The van der Waals surface area contributed by atoms with Gasteiger partial charge in [0.15, 0.2) is 0 Å². The number of nitrogens with zero attached hydrogens (tertiary/aromatic N) is 1. The summed E-state index contributed by atoms with van der Waals surface area (Å²) in [6.07, 6.45) is 7.26. The van der Waals surface area contributed by atoms with Gasteiger partial charge in [0.25, 0.3) is 0 Å². The van der Waals surface area contributed by atoms with Crippen LogP contribution in [0, 0.1) is 17.8 Å². The Labute approximate surface area is 136 Å². The molecule has 122 valence electrons. The molecule has 1 aromatic carbocycles. The maximum absolute atomic E-state index is 12.2. The molecule has 1 aromatic rings. The van der Waals surface area contributed by atoms with Gasteiger partial charge in [-0.25, -0.2) is 0 Å². The van der Waals surface area contributed by atoms with Gasteiger partial charge in [-0.15, -0.1) is 0 Å². The highest BCUT2D eigenvalue weighted by Gasteiger charge is 2.40. The molecule has 0 radical (unpaired) electrons. The Morgan fingerprint density at radius 3 is 2.61 bits per heavy atom. The highest BCUT2D eigenvalue weighted by atomic mass is 16.5. The van der Waals surface area contributed by atoms with E-state index in [1.165, 1.54) is 25.7 Å². The number of hydrogen-bond donors (Lipinski definition) is 0. The van der Waals surface area contributed by atoms with Crippen molar-refractivity contribution in [3.05, 3.63) is 24.3 Å². The second kappa shape index (κ2) is 5.99. The molecule has 1 amide bonds. The lowest BCUT2D eigenvalue weighted by Gasteiger charge is -2.20. The lowest BCUT2D eigenvalue weighted by atomic mass is 9.86. The maximum atomic E-state index is 12.2. The number of fused-ring (bicyclic) bond motifs is 2. The van der Waals surface area contributed by atoms with E-state index in [1.807, 2.05) is 12.1 Å². The van der Waals surface area contributed by atoms with Crippen LogP contribution in [-0.4, -0.2) is 18.4 Å². The van der Waals surface area contributed by atoms with E-state index < -0.39 is 0 Å². The highest BCUT2D eigenvalue weighted by molar-refractivity contribution is 5.95. The standard InChI is InChI=1S/C19H23NO3/c21-18-2-1-9-20(18)16-5-7-17(8-6-16)23-19(22)12-15-11-13-3-4-14(15)10-13/h5-8,13-15H,1-4,9-12H2/t13-,14-,15-/m0/s1. The molecule has 0 unspecified atom stereocenters. The van der Waals surface area contributed by atoms with Crippen LogP contribution >= 0.6 is 0 Å². The summed E-state index contributed by atoms with van der Waals surface area (Å²) in [4.78, 5) is 25.7. The van der Waals surface area contributed by atoms with E-state index in [9.17, 15) is 9.59 Å². The molecular weight excluding hydrogens is 290 g/mol. The zero-order chi connectivity index (χ0) is 15.8. The monoisotopic (exact) mass is 313 g/mol. The molecule has 3 atom stereocenters. The topological polar surface area (TPSA) is 46.6 Å². The van der Waals surface area contributed by atoms with Gasteiger partial charge in [0.2, 0.25) is 5.91 Å². The summed E-state index contributed by atoms with van der Waals surface area (Å²) in [6.45, 7) is 0.780. The van der Waals surface area contributed by atoms with Crippen molar-refractivity contribution in [2.24, 2.45) is 17.8 Å². The van der Waals surface area contributed by atoms with Crippen molar-refractivity contribution in [2.75, 3.05) is 11.4 Å². The largest absolute Gasteiger partial charge is 0.427 e. The van der Waals surface area contributed by atoms with E-state index in [-0.39, 0.29) is 11.9 Å². The summed E-state index contributed by atoms with van der Waals surface area (Å²) in [7, 11) is 0. The molecule has 4 heteroatoms. The lowest BCUT2D eigenvalue weighted by Crippen LogP contribution is -2.23. The predicted molar refractivity (Wildman–Crippen MR) is 87.2 cm³/mol. The van der Waals surface area contributed by atoms with E-state index in [0.717, 1.165) is 30.5 Å². The van der Waals surface area contributed by atoms with Gasteiger partial charge in [-0.1, -0.05) is 6.42 Å². The fourth-order valence-electron chi connectivity index (χ4n) is 4.63. The average molecular weight is 313 g/mol.